The summed E-state index contributed by atoms with van der Waals surface area (Å²) in [6.45, 7) is 14.0. The summed E-state index contributed by atoms with van der Waals surface area (Å²) in [5.74, 6) is 1.31. The van der Waals surface area contributed by atoms with Crippen molar-refractivity contribution in [2.45, 2.75) is 65.6 Å². The monoisotopic (exact) mass is 202 g/mol. The van der Waals surface area contributed by atoms with E-state index in [-0.39, 0.29) is 0 Å². The van der Waals surface area contributed by atoms with Crippen LogP contribution >= 0.6 is 11.8 Å². The third-order valence-corrected chi connectivity index (χ3v) is 4.56. The van der Waals surface area contributed by atoms with Crippen LogP contribution in [-0.4, -0.2) is 10.5 Å². The number of hydrogen-bond acceptors (Lipinski definition) is 1. The van der Waals surface area contributed by atoms with Crippen LogP contribution in [0.3, 0.4) is 0 Å². The van der Waals surface area contributed by atoms with E-state index in [1.807, 2.05) is 0 Å². The minimum atomic E-state index is 0.476. The van der Waals surface area contributed by atoms with Crippen molar-refractivity contribution < 1.29 is 0 Å². The van der Waals surface area contributed by atoms with E-state index in [9.17, 15) is 0 Å². The highest BCUT2D eigenvalue weighted by Crippen LogP contribution is 2.32. The van der Waals surface area contributed by atoms with Gasteiger partial charge in [-0.2, -0.15) is 11.8 Å². The number of hydrogen-bond donors (Lipinski definition) is 0. The largest absolute Gasteiger partial charge is 0.156 e. The van der Waals surface area contributed by atoms with Crippen molar-refractivity contribution in [2.75, 3.05) is 5.75 Å². The third kappa shape index (κ3) is 6.42. The molecule has 0 atom stereocenters. The van der Waals surface area contributed by atoms with Crippen molar-refractivity contribution in [1.29, 1.82) is 0 Å². The topological polar surface area (TPSA) is 0 Å². The lowest BCUT2D eigenvalue weighted by molar-refractivity contribution is 0.341. The molecule has 0 aliphatic carbocycles. The summed E-state index contributed by atoms with van der Waals surface area (Å²) in [7, 11) is 0. The Morgan fingerprint density at radius 1 is 0.923 bits per heavy atom. The molecule has 0 radical (unpaired) electrons. The van der Waals surface area contributed by atoms with Crippen molar-refractivity contribution in [1.82, 2.24) is 0 Å². The molecule has 0 aliphatic heterocycles. The molecule has 0 rings (SSSR count). The third-order valence-electron chi connectivity index (χ3n) is 3.08. The minimum absolute atomic E-state index is 0.476. The SMILES string of the molecule is CCC(C)(C)CCSC(C)(C)CC. The minimum Gasteiger partial charge on any atom is -0.156 e. The molecule has 0 amide bonds. The first-order chi connectivity index (χ1) is 5.83. The van der Waals surface area contributed by atoms with Crippen molar-refractivity contribution in [2.24, 2.45) is 5.41 Å². The average Bonchev–Trinajstić information content (AvgIpc) is 2.04. The zero-order chi connectivity index (χ0) is 10.5. The first-order valence-corrected chi connectivity index (χ1v) is 6.45. The average molecular weight is 202 g/mol. The molecule has 0 aromatic carbocycles. The van der Waals surface area contributed by atoms with Crippen molar-refractivity contribution in [3.63, 3.8) is 0 Å². The van der Waals surface area contributed by atoms with Gasteiger partial charge in [-0.15, -0.1) is 0 Å². The molecule has 13 heavy (non-hydrogen) atoms. The van der Waals surface area contributed by atoms with Gasteiger partial charge in [-0.1, -0.05) is 48.0 Å². The van der Waals surface area contributed by atoms with Gasteiger partial charge in [-0.05, 0) is 24.0 Å². The summed E-state index contributed by atoms with van der Waals surface area (Å²) in [4.78, 5) is 0. The Kier molecular flexibility index (Phi) is 5.43. The van der Waals surface area contributed by atoms with E-state index >= 15 is 0 Å². The number of thioether (sulfide) groups is 1. The lowest BCUT2D eigenvalue weighted by Gasteiger charge is -2.26. The maximum Gasteiger partial charge on any atom is 0.0101 e. The Bertz CT molecular complexity index is 120. The fourth-order valence-electron chi connectivity index (χ4n) is 0.882. The lowest BCUT2D eigenvalue weighted by atomic mass is 9.87. The maximum absolute atomic E-state index is 2.37. The van der Waals surface area contributed by atoms with Gasteiger partial charge in [0, 0.05) is 4.75 Å². The van der Waals surface area contributed by atoms with E-state index in [0.29, 0.717) is 10.2 Å². The van der Waals surface area contributed by atoms with Crippen molar-refractivity contribution >= 4 is 11.8 Å². The summed E-state index contributed by atoms with van der Waals surface area (Å²) in [5.41, 5.74) is 0.539. The Morgan fingerprint density at radius 3 is 1.85 bits per heavy atom. The molecule has 0 saturated carbocycles. The van der Waals surface area contributed by atoms with Gasteiger partial charge in [0.15, 0.2) is 0 Å². The zero-order valence-corrected chi connectivity index (χ0v) is 11.1. The molecule has 0 N–H and O–H groups in total. The fourth-order valence-corrected chi connectivity index (χ4v) is 2.29. The van der Waals surface area contributed by atoms with Crippen LogP contribution in [0.5, 0.6) is 0 Å². The highest BCUT2D eigenvalue weighted by Gasteiger charge is 2.19. The molecule has 0 saturated heterocycles. The summed E-state index contributed by atoms with van der Waals surface area (Å²) in [5, 5.41) is 0. The summed E-state index contributed by atoms with van der Waals surface area (Å²) in [6, 6.07) is 0. The van der Waals surface area contributed by atoms with E-state index in [1.165, 1.54) is 25.0 Å². The maximum atomic E-state index is 2.37. The molecular weight excluding hydrogens is 176 g/mol. The quantitative estimate of drug-likeness (QED) is 0.600. The van der Waals surface area contributed by atoms with Crippen LogP contribution in [-0.2, 0) is 0 Å². The van der Waals surface area contributed by atoms with Crippen molar-refractivity contribution in [3.8, 4) is 0 Å². The van der Waals surface area contributed by atoms with Crippen LogP contribution in [0.2, 0.25) is 0 Å². The first-order valence-electron chi connectivity index (χ1n) is 5.47. The molecule has 0 fully saturated rings. The predicted molar refractivity (Wildman–Crippen MR) is 65.5 cm³/mol. The number of rotatable bonds is 6. The molecule has 1 heteroatoms. The molecule has 0 spiro atoms. The highest BCUT2D eigenvalue weighted by molar-refractivity contribution is 8.00. The summed E-state index contributed by atoms with van der Waals surface area (Å²) < 4.78 is 0.476. The van der Waals surface area contributed by atoms with E-state index in [2.05, 4.69) is 53.3 Å². The van der Waals surface area contributed by atoms with Gasteiger partial charge in [0.05, 0.1) is 0 Å². The molecule has 0 aromatic rings. The second-order valence-electron chi connectivity index (χ2n) is 5.23. The van der Waals surface area contributed by atoms with Crippen molar-refractivity contribution in [3.05, 3.63) is 0 Å². The second kappa shape index (κ2) is 5.29. The van der Waals surface area contributed by atoms with Gasteiger partial charge < -0.3 is 0 Å². The van der Waals surface area contributed by atoms with Crippen LogP contribution in [0.4, 0.5) is 0 Å². The molecule has 0 aromatic heterocycles. The summed E-state index contributed by atoms with van der Waals surface area (Å²) >= 11 is 2.12. The first kappa shape index (κ1) is 13.4. The van der Waals surface area contributed by atoms with Gasteiger partial charge in [0.25, 0.3) is 0 Å². The molecule has 80 valence electrons. The predicted octanol–water partition coefficient (Wildman–Crippen LogP) is 4.73. The molecule has 0 bridgehead atoms. The molecular formula is C12H26S. The van der Waals surface area contributed by atoms with Crippen LogP contribution in [0.15, 0.2) is 0 Å². The van der Waals surface area contributed by atoms with Gasteiger partial charge in [-0.25, -0.2) is 0 Å². The molecule has 0 unspecified atom stereocenters. The van der Waals surface area contributed by atoms with Crippen LogP contribution < -0.4 is 0 Å². The van der Waals surface area contributed by atoms with E-state index in [4.69, 9.17) is 0 Å². The van der Waals surface area contributed by atoms with E-state index < -0.39 is 0 Å². The Balaban J connectivity index is 3.68. The molecule has 0 aliphatic rings. The van der Waals surface area contributed by atoms with Gasteiger partial charge in [0.2, 0.25) is 0 Å². The molecule has 0 heterocycles. The zero-order valence-electron chi connectivity index (χ0n) is 10.2. The molecule has 0 nitrogen and oxygen atoms in total. The normalized spacial score (nSPS) is 13.4. The smallest absolute Gasteiger partial charge is 0.0101 e. The standard InChI is InChI=1S/C12H26S/c1-7-11(3,4)9-10-13-12(5,6)8-2/h7-10H2,1-6H3. The van der Waals surface area contributed by atoms with Crippen LogP contribution in [0, 0.1) is 5.41 Å². The second-order valence-corrected chi connectivity index (χ2v) is 7.03. The van der Waals surface area contributed by atoms with Crippen LogP contribution in [0.25, 0.3) is 0 Å². The van der Waals surface area contributed by atoms with Crippen LogP contribution in [0.1, 0.15) is 60.8 Å². The van der Waals surface area contributed by atoms with E-state index in [0.717, 1.165) is 0 Å². The Labute approximate surface area is 88.9 Å². The fraction of sp³-hybridized carbons (Fsp3) is 1.00. The van der Waals surface area contributed by atoms with Gasteiger partial charge in [0.1, 0.15) is 0 Å². The highest BCUT2D eigenvalue weighted by atomic mass is 32.2. The van der Waals surface area contributed by atoms with Gasteiger partial charge >= 0.3 is 0 Å². The summed E-state index contributed by atoms with van der Waals surface area (Å²) in [6.07, 6.45) is 3.90. The Hall–Kier alpha value is 0.350. The van der Waals surface area contributed by atoms with E-state index in [1.54, 1.807) is 0 Å². The lowest BCUT2D eigenvalue weighted by Crippen LogP contribution is -2.16. The Morgan fingerprint density at radius 2 is 1.46 bits per heavy atom. The van der Waals surface area contributed by atoms with Gasteiger partial charge in [-0.3, -0.25) is 0 Å².